The Kier molecular flexibility index (Phi) is 4.04. The number of nitrogens with zero attached hydrogens (tertiary/aromatic N) is 1. The lowest BCUT2D eigenvalue weighted by atomic mass is 9.82. The minimum absolute atomic E-state index is 0.357. The monoisotopic (exact) mass is 210 g/mol. The minimum Gasteiger partial charge on any atom is -0.316 e. The molecule has 2 aliphatic rings. The summed E-state index contributed by atoms with van der Waals surface area (Å²) in [6.45, 7) is 4.92. The molecule has 2 heteroatoms. The Morgan fingerprint density at radius 3 is 2.73 bits per heavy atom. The summed E-state index contributed by atoms with van der Waals surface area (Å²) in [5.41, 5.74) is 6.16. The van der Waals surface area contributed by atoms with E-state index in [0.29, 0.717) is 6.17 Å². The van der Waals surface area contributed by atoms with E-state index in [9.17, 15) is 0 Å². The third kappa shape index (κ3) is 3.18. The quantitative estimate of drug-likeness (QED) is 0.759. The summed E-state index contributed by atoms with van der Waals surface area (Å²) >= 11 is 0. The molecule has 3 atom stereocenters. The van der Waals surface area contributed by atoms with E-state index in [0.717, 1.165) is 11.8 Å². The summed E-state index contributed by atoms with van der Waals surface area (Å²) in [5.74, 6) is 1.88. The van der Waals surface area contributed by atoms with Crippen LogP contribution in [0.5, 0.6) is 0 Å². The number of likely N-dealkylation sites (tertiary alicyclic amines) is 1. The summed E-state index contributed by atoms with van der Waals surface area (Å²) in [6, 6.07) is 0. The third-order valence-electron chi connectivity index (χ3n) is 4.20. The zero-order valence-electron chi connectivity index (χ0n) is 10.1. The van der Waals surface area contributed by atoms with Crippen molar-refractivity contribution in [1.29, 1.82) is 0 Å². The molecule has 3 unspecified atom stereocenters. The summed E-state index contributed by atoms with van der Waals surface area (Å²) < 4.78 is 0. The van der Waals surface area contributed by atoms with Gasteiger partial charge in [0.2, 0.25) is 0 Å². The zero-order chi connectivity index (χ0) is 10.7. The molecule has 88 valence electrons. The Hall–Kier alpha value is -0.0800. The van der Waals surface area contributed by atoms with Gasteiger partial charge < -0.3 is 5.73 Å². The molecule has 1 heterocycles. The second kappa shape index (κ2) is 5.31. The van der Waals surface area contributed by atoms with Crippen LogP contribution in [0.25, 0.3) is 0 Å². The molecule has 0 aromatic rings. The lowest BCUT2D eigenvalue weighted by Gasteiger charge is -2.37. The van der Waals surface area contributed by atoms with Gasteiger partial charge in [0, 0.05) is 6.54 Å². The smallest absolute Gasteiger partial charge is 0.0571 e. The standard InChI is InChI=1S/C13H26N2/c1-11-5-4-6-12(9-11)10-15-8-3-2-7-13(15)14/h11-13H,2-10,14H2,1H3. The molecule has 1 aliphatic carbocycles. The normalized spacial score (nSPS) is 39.2. The molecule has 2 nitrogen and oxygen atoms in total. The Balaban J connectivity index is 1.79. The second-order valence-electron chi connectivity index (χ2n) is 5.70. The zero-order valence-corrected chi connectivity index (χ0v) is 10.1. The summed E-state index contributed by atoms with van der Waals surface area (Å²) in [7, 11) is 0. The molecule has 0 aromatic heterocycles. The van der Waals surface area contributed by atoms with Gasteiger partial charge in [0.25, 0.3) is 0 Å². The lowest BCUT2D eigenvalue weighted by molar-refractivity contribution is 0.108. The lowest BCUT2D eigenvalue weighted by Crippen LogP contribution is -2.47. The van der Waals surface area contributed by atoms with E-state index in [1.54, 1.807) is 0 Å². The number of hydrogen-bond acceptors (Lipinski definition) is 2. The van der Waals surface area contributed by atoms with Crippen LogP contribution in [0.4, 0.5) is 0 Å². The van der Waals surface area contributed by atoms with Crippen LogP contribution in [0.2, 0.25) is 0 Å². The highest BCUT2D eigenvalue weighted by molar-refractivity contribution is 4.78. The number of rotatable bonds is 2. The molecule has 0 bridgehead atoms. The van der Waals surface area contributed by atoms with Crippen molar-refractivity contribution in [3.63, 3.8) is 0 Å². The van der Waals surface area contributed by atoms with Crippen molar-refractivity contribution in [3.8, 4) is 0 Å². The predicted molar refractivity (Wildman–Crippen MR) is 64.5 cm³/mol. The van der Waals surface area contributed by atoms with Gasteiger partial charge in [-0.15, -0.1) is 0 Å². The van der Waals surface area contributed by atoms with Crippen molar-refractivity contribution in [2.45, 2.75) is 58.0 Å². The molecule has 0 amide bonds. The highest BCUT2D eigenvalue weighted by Gasteiger charge is 2.25. The summed E-state index contributed by atoms with van der Waals surface area (Å²) in [5, 5.41) is 0. The van der Waals surface area contributed by atoms with Gasteiger partial charge >= 0.3 is 0 Å². The van der Waals surface area contributed by atoms with Crippen molar-refractivity contribution in [3.05, 3.63) is 0 Å². The van der Waals surface area contributed by atoms with Gasteiger partial charge in [0.05, 0.1) is 6.17 Å². The van der Waals surface area contributed by atoms with Crippen molar-refractivity contribution in [1.82, 2.24) is 4.90 Å². The van der Waals surface area contributed by atoms with Gasteiger partial charge in [0.15, 0.2) is 0 Å². The molecule has 0 radical (unpaired) electrons. The van der Waals surface area contributed by atoms with Crippen LogP contribution in [0, 0.1) is 11.8 Å². The van der Waals surface area contributed by atoms with E-state index >= 15 is 0 Å². The molecule has 1 aliphatic heterocycles. The molecular formula is C13H26N2. The largest absolute Gasteiger partial charge is 0.316 e. The molecule has 1 saturated carbocycles. The number of hydrogen-bond donors (Lipinski definition) is 1. The molecule has 2 fully saturated rings. The van der Waals surface area contributed by atoms with Gasteiger partial charge in [-0.05, 0) is 50.5 Å². The maximum absolute atomic E-state index is 6.16. The number of piperidine rings is 1. The van der Waals surface area contributed by atoms with Gasteiger partial charge in [0.1, 0.15) is 0 Å². The van der Waals surface area contributed by atoms with Gasteiger partial charge in [-0.25, -0.2) is 0 Å². The van der Waals surface area contributed by atoms with E-state index in [1.807, 2.05) is 0 Å². The predicted octanol–water partition coefficient (Wildman–Crippen LogP) is 2.58. The first-order valence-electron chi connectivity index (χ1n) is 6.75. The molecular weight excluding hydrogens is 184 g/mol. The van der Waals surface area contributed by atoms with Crippen LogP contribution in [-0.4, -0.2) is 24.2 Å². The fourth-order valence-corrected chi connectivity index (χ4v) is 3.30. The van der Waals surface area contributed by atoms with Gasteiger partial charge in [-0.1, -0.05) is 19.8 Å². The van der Waals surface area contributed by atoms with Crippen molar-refractivity contribution < 1.29 is 0 Å². The third-order valence-corrected chi connectivity index (χ3v) is 4.20. The molecule has 15 heavy (non-hydrogen) atoms. The van der Waals surface area contributed by atoms with Crippen molar-refractivity contribution in [2.24, 2.45) is 17.6 Å². The van der Waals surface area contributed by atoms with E-state index in [-0.39, 0.29) is 0 Å². The Morgan fingerprint density at radius 2 is 2.00 bits per heavy atom. The first kappa shape index (κ1) is 11.4. The van der Waals surface area contributed by atoms with Crippen LogP contribution in [-0.2, 0) is 0 Å². The summed E-state index contributed by atoms with van der Waals surface area (Å²) in [4.78, 5) is 2.53. The van der Waals surface area contributed by atoms with Crippen LogP contribution < -0.4 is 5.73 Å². The first-order valence-corrected chi connectivity index (χ1v) is 6.75. The second-order valence-corrected chi connectivity index (χ2v) is 5.70. The van der Waals surface area contributed by atoms with Crippen molar-refractivity contribution >= 4 is 0 Å². The van der Waals surface area contributed by atoms with Crippen LogP contribution in [0.15, 0.2) is 0 Å². The summed E-state index contributed by atoms with van der Waals surface area (Å²) in [6.07, 6.45) is 10.0. The molecule has 0 spiro atoms. The fourth-order valence-electron chi connectivity index (χ4n) is 3.30. The van der Waals surface area contributed by atoms with Gasteiger partial charge in [-0.3, -0.25) is 4.90 Å². The van der Waals surface area contributed by atoms with E-state index < -0.39 is 0 Å². The molecule has 0 aromatic carbocycles. The Morgan fingerprint density at radius 1 is 1.13 bits per heavy atom. The van der Waals surface area contributed by atoms with Gasteiger partial charge in [-0.2, -0.15) is 0 Å². The minimum atomic E-state index is 0.357. The number of nitrogens with two attached hydrogens (primary N) is 1. The van der Waals surface area contributed by atoms with Crippen LogP contribution >= 0.6 is 0 Å². The van der Waals surface area contributed by atoms with E-state index in [1.165, 1.54) is 58.0 Å². The SMILES string of the molecule is CC1CCCC(CN2CCCCC2N)C1. The van der Waals surface area contributed by atoms with Crippen LogP contribution in [0.3, 0.4) is 0 Å². The molecule has 2 rings (SSSR count). The Labute approximate surface area is 94.2 Å². The molecule has 1 saturated heterocycles. The first-order chi connectivity index (χ1) is 7.25. The maximum atomic E-state index is 6.16. The van der Waals surface area contributed by atoms with Crippen molar-refractivity contribution in [2.75, 3.05) is 13.1 Å². The van der Waals surface area contributed by atoms with E-state index in [4.69, 9.17) is 5.73 Å². The molecule has 2 N–H and O–H groups in total. The topological polar surface area (TPSA) is 29.3 Å². The Bertz CT molecular complexity index is 193. The highest BCUT2D eigenvalue weighted by Crippen LogP contribution is 2.30. The maximum Gasteiger partial charge on any atom is 0.0571 e. The average Bonchev–Trinajstić information content (AvgIpc) is 2.22. The van der Waals surface area contributed by atoms with Crippen LogP contribution in [0.1, 0.15) is 51.9 Å². The average molecular weight is 210 g/mol. The highest BCUT2D eigenvalue weighted by atomic mass is 15.2. The van der Waals surface area contributed by atoms with E-state index in [2.05, 4.69) is 11.8 Å². The fraction of sp³-hybridized carbons (Fsp3) is 1.00.